The third kappa shape index (κ3) is 35.5. The molecule has 7 N–H and O–H groups in total. The van der Waals surface area contributed by atoms with E-state index in [0.29, 0.717) is 19.3 Å². The van der Waals surface area contributed by atoms with Crippen molar-refractivity contribution in [2.75, 3.05) is 13.2 Å². The molecule has 67 heavy (non-hydrogen) atoms. The lowest BCUT2D eigenvalue weighted by atomic mass is 9.99. The Hall–Kier alpha value is -1.20. The highest BCUT2D eigenvalue weighted by Gasteiger charge is 2.48. The number of carbonyl (C=O) groups excluding carboxylic acids is 1. The van der Waals surface area contributed by atoms with E-state index in [4.69, 9.17) is 9.47 Å². The van der Waals surface area contributed by atoms with Gasteiger partial charge in [-0.15, -0.1) is 0 Å². The first-order valence-electron chi connectivity index (χ1n) is 27.7. The van der Waals surface area contributed by atoms with Gasteiger partial charge in [0.05, 0.1) is 25.4 Å². The van der Waals surface area contributed by atoms with E-state index >= 15 is 0 Å². The zero-order chi connectivity index (χ0) is 49.2. The molecule has 1 aliphatic heterocycles. The maximum atomic E-state index is 13.2. The van der Waals surface area contributed by atoms with Crippen molar-refractivity contribution < 1.29 is 57.0 Å². The molecule has 1 amide bonds. The predicted molar refractivity (Wildman–Crippen MR) is 270 cm³/mol. The summed E-state index contributed by atoms with van der Waals surface area (Å²) < 4.78 is 47.8. The zero-order valence-electron chi connectivity index (χ0n) is 42.6. The predicted octanol–water partition coefficient (Wildman–Crippen LogP) is 11.3. The van der Waals surface area contributed by atoms with Crippen LogP contribution in [0.2, 0.25) is 0 Å². The Labute approximate surface area is 409 Å². The summed E-state index contributed by atoms with van der Waals surface area (Å²) in [5.74, 6) is -0.670. The second-order valence-electron chi connectivity index (χ2n) is 19.7. The van der Waals surface area contributed by atoms with Crippen LogP contribution in [-0.4, -0.2) is 107 Å². The summed E-state index contributed by atoms with van der Waals surface area (Å²) >= 11 is 0. The van der Waals surface area contributed by atoms with Crippen LogP contribution < -0.4 is 5.32 Å². The highest BCUT2D eigenvalue weighted by atomic mass is 32.3. The van der Waals surface area contributed by atoms with Crippen LogP contribution in [-0.2, 0) is 28.9 Å². The Kier molecular flexibility index (Phi) is 41.5. The quantitative estimate of drug-likeness (QED) is 0.0172. The van der Waals surface area contributed by atoms with Crippen LogP contribution in [0.1, 0.15) is 258 Å². The van der Waals surface area contributed by atoms with Crippen LogP contribution in [0.4, 0.5) is 0 Å². The summed E-state index contributed by atoms with van der Waals surface area (Å²) in [6.45, 7) is 3.32. The number of hydrogen-bond acceptors (Lipinski definition) is 11. The number of unbranched alkanes of at least 4 members (excludes halogenated alkanes) is 33. The molecule has 1 rings (SSSR count). The molecule has 8 atom stereocenters. The molecule has 398 valence electrons. The minimum atomic E-state index is -5.11. The van der Waals surface area contributed by atoms with Crippen LogP contribution in [0.15, 0.2) is 12.2 Å². The first-order valence-corrected chi connectivity index (χ1v) is 29.0. The van der Waals surface area contributed by atoms with Crippen molar-refractivity contribution in [2.45, 2.75) is 307 Å². The molecule has 1 saturated heterocycles. The first-order chi connectivity index (χ1) is 32.4. The number of aliphatic hydroxyl groups excluding tert-OH is 5. The van der Waals surface area contributed by atoms with Crippen LogP contribution >= 0.6 is 0 Å². The zero-order valence-corrected chi connectivity index (χ0v) is 43.4. The molecule has 1 heterocycles. The number of nitrogens with one attached hydrogen (secondary N) is 1. The Morgan fingerprint density at radius 1 is 0.582 bits per heavy atom. The van der Waals surface area contributed by atoms with Crippen molar-refractivity contribution in [1.82, 2.24) is 5.32 Å². The van der Waals surface area contributed by atoms with Crippen molar-refractivity contribution in [3.05, 3.63) is 12.2 Å². The molecule has 0 saturated carbocycles. The number of ether oxygens (including phenoxy) is 2. The van der Waals surface area contributed by atoms with Crippen LogP contribution in [0.3, 0.4) is 0 Å². The molecule has 0 radical (unpaired) electrons. The molecule has 1 fully saturated rings. The number of amides is 1. The molecule has 14 heteroatoms. The average molecular weight is 978 g/mol. The maximum absolute atomic E-state index is 13.2. The van der Waals surface area contributed by atoms with E-state index in [0.717, 1.165) is 57.8 Å². The van der Waals surface area contributed by atoms with Crippen molar-refractivity contribution in [3.63, 3.8) is 0 Å². The SMILES string of the molecule is CCCCCCCCCCCCCC/C=C\CCCCCCCCC(O)C(=O)NC(COC1OC(CO)C(O)C(OS(=O)(=O)O)C1O)C(O)CCCCCCCCCCCCCCCCCC. The van der Waals surface area contributed by atoms with Gasteiger partial charge in [-0.25, -0.2) is 4.18 Å². The monoisotopic (exact) mass is 978 g/mol. The van der Waals surface area contributed by atoms with Gasteiger partial charge in [-0.2, -0.15) is 8.42 Å². The van der Waals surface area contributed by atoms with Crippen molar-refractivity contribution in [2.24, 2.45) is 0 Å². The van der Waals surface area contributed by atoms with Gasteiger partial charge in [0.15, 0.2) is 6.29 Å². The Bertz CT molecular complexity index is 1260. The Morgan fingerprint density at radius 3 is 1.34 bits per heavy atom. The molecular weight excluding hydrogens is 875 g/mol. The summed E-state index contributed by atoms with van der Waals surface area (Å²) in [6.07, 6.45) is 38.2. The summed E-state index contributed by atoms with van der Waals surface area (Å²) in [4.78, 5) is 13.2. The van der Waals surface area contributed by atoms with Gasteiger partial charge in [0.25, 0.3) is 0 Å². The van der Waals surface area contributed by atoms with Gasteiger partial charge in [-0.3, -0.25) is 9.35 Å². The summed E-state index contributed by atoms with van der Waals surface area (Å²) in [7, 11) is -5.11. The molecule has 0 aromatic heterocycles. The van der Waals surface area contributed by atoms with Gasteiger partial charge in [0.2, 0.25) is 5.91 Å². The van der Waals surface area contributed by atoms with E-state index in [2.05, 4.69) is 35.5 Å². The van der Waals surface area contributed by atoms with E-state index < -0.39 is 78.5 Å². The number of aliphatic hydroxyl groups is 5. The molecule has 0 aliphatic carbocycles. The van der Waals surface area contributed by atoms with Gasteiger partial charge in [-0.1, -0.05) is 231 Å². The van der Waals surface area contributed by atoms with E-state index in [9.17, 15) is 43.3 Å². The smallest absolute Gasteiger partial charge is 0.394 e. The highest BCUT2D eigenvalue weighted by molar-refractivity contribution is 7.80. The lowest BCUT2D eigenvalue weighted by molar-refractivity contribution is -0.298. The standard InChI is InChI=1S/C53H103NO12S/c1-3-5-7-9-11-13-15-17-19-21-22-23-24-25-26-28-30-32-34-36-38-40-42-47(57)52(60)54-45(44-64-53-50(59)51(66-67(61,62)63)49(58)48(43-55)65-53)46(56)41-39-37-35-33-31-29-27-20-18-16-14-12-10-8-6-4-2/h25-26,45-51,53,55-59H,3-24,27-44H2,1-2H3,(H,54,60)(H,61,62,63)/b26-25-. The largest absolute Gasteiger partial charge is 0.397 e. The van der Waals surface area contributed by atoms with Crippen LogP contribution in [0.5, 0.6) is 0 Å². The highest BCUT2D eigenvalue weighted by Crippen LogP contribution is 2.26. The first kappa shape index (κ1) is 63.8. The number of rotatable bonds is 48. The fraction of sp³-hybridized carbons (Fsp3) is 0.943. The van der Waals surface area contributed by atoms with Gasteiger partial charge >= 0.3 is 10.4 Å². The molecule has 0 spiro atoms. The van der Waals surface area contributed by atoms with E-state index in [1.165, 1.54) is 161 Å². The summed E-state index contributed by atoms with van der Waals surface area (Å²) in [5.41, 5.74) is 0. The minimum Gasteiger partial charge on any atom is -0.394 e. The molecule has 13 nitrogen and oxygen atoms in total. The van der Waals surface area contributed by atoms with E-state index in [-0.39, 0.29) is 6.42 Å². The Balaban J connectivity index is 2.43. The molecule has 0 bridgehead atoms. The second kappa shape index (κ2) is 43.6. The molecule has 0 aromatic rings. The average Bonchev–Trinajstić information content (AvgIpc) is 3.30. The van der Waals surface area contributed by atoms with Crippen molar-refractivity contribution in [1.29, 1.82) is 0 Å². The number of carbonyl (C=O) groups is 1. The third-order valence-electron chi connectivity index (χ3n) is 13.4. The lowest BCUT2D eigenvalue weighted by Crippen LogP contribution is -2.61. The number of hydrogen-bond donors (Lipinski definition) is 7. The van der Waals surface area contributed by atoms with Crippen LogP contribution in [0, 0.1) is 0 Å². The maximum Gasteiger partial charge on any atom is 0.397 e. The summed E-state index contributed by atoms with van der Waals surface area (Å²) in [6, 6.07) is -1.03. The fourth-order valence-corrected chi connectivity index (χ4v) is 9.56. The Morgan fingerprint density at radius 2 is 0.955 bits per heavy atom. The normalized spacial score (nSPS) is 20.4. The van der Waals surface area contributed by atoms with Gasteiger partial charge in [0.1, 0.15) is 30.5 Å². The van der Waals surface area contributed by atoms with Gasteiger partial charge in [-0.05, 0) is 38.5 Å². The second-order valence-corrected chi connectivity index (χ2v) is 20.7. The van der Waals surface area contributed by atoms with Crippen LogP contribution in [0.25, 0.3) is 0 Å². The van der Waals surface area contributed by atoms with E-state index in [1.807, 2.05) is 0 Å². The molecule has 0 aromatic carbocycles. The topological polar surface area (TPSA) is 212 Å². The molecule has 8 unspecified atom stereocenters. The van der Waals surface area contributed by atoms with E-state index in [1.54, 1.807) is 0 Å². The van der Waals surface area contributed by atoms with Crippen molar-refractivity contribution in [3.8, 4) is 0 Å². The molecular formula is C53H103NO12S. The third-order valence-corrected chi connectivity index (χ3v) is 13.9. The number of allylic oxidation sites excluding steroid dienone is 2. The van der Waals surface area contributed by atoms with Gasteiger partial charge < -0.3 is 40.3 Å². The lowest BCUT2D eigenvalue weighted by Gasteiger charge is -2.41. The van der Waals surface area contributed by atoms with Crippen molar-refractivity contribution >= 4 is 16.3 Å². The fourth-order valence-electron chi connectivity index (χ4n) is 9.05. The van der Waals surface area contributed by atoms with Gasteiger partial charge in [0, 0.05) is 0 Å². The molecule has 1 aliphatic rings. The minimum absolute atomic E-state index is 0.256. The summed E-state index contributed by atoms with van der Waals surface area (Å²) in [5, 5.41) is 55.6.